The lowest BCUT2D eigenvalue weighted by molar-refractivity contribution is -0.120. The normalized spacial score (nSPS) is 12.1. The first-order valence-corrected chi connectivity index (χ1v) is 12.7. The SMILES string of the molecule is CCC(=O)CCCCCC(CNC(=O)Cc1csc2nccn12)c1ncc(-c2ccccc2)o1. The summed E-state index contributed by atoms with van der Waals surface area (Å²) < 4.78 is 8.05. The Labute approximate surface area is 203 Å². The quantitative estimate of drug-likeness (QED) is 0.259. The highest BCUT2D eigenvalue weighted by molar-refractivity contribution is 7.15. The van der Waals surface area contributed by atoms with Crippen molar-refractivity contribution in [2.45, 2.75) is 57.8 Å². The summed E-state index contributed by atoms with van der Waals surface area (Å²) in [5.74, 6) is 1.60. The minimum atomic E-state index is -0.0400. The van der Waals surface area contributed by atoms with Crippen molar-refractivity contribution in [2.24, 2.45) is 0 Å². The van der Waals surface area contributed by atoms with Gasteiger partial charge in [0.1, 0.15) is 5.78 Å². The molecule has 34 heavy (non-hydrogen) atoms. The number of nitrogens with one attached hydrogen (secondary N) is 1. The molecule has 3 heterocycles. The lowest BCUT2D eigenvalue weighted by atomic mass is 9.99. The summed E-state index contributed by atoms with van der Waals surface area (Å²) in [7, 11) is 0. The molecule has 0 aliphatic carbocycles. The molecule has 178 valence electrons. The van der Waals surface area contributed by atoms with Gasteiger partial charge in [0, 0.05) is 48.4 Å². The molecule has 4 aromatic rings. The van der Waals surface area contributed by atoms with Gasteiger partial charge in [-0.15, -0.1) is 11.3 Å². The summed E-state index contributed by atoms with van der Waals surface area (Å²) in [4.78, 5) is 33.9. The maximum absolute atomic E-state index is 12.7. The maximum atomic E-state index is 12.7. The van der Waals surface area contributed by atoms with Crippen LogP contribution in [0.25, 0.3) is 16.3 Å². The minimum absolute atomic E-state index is 0.0287. The molecule has 1 N–H and O–H groups in total. The fourth-order valence-electron chi connectivity index (χ4n) is 3.96. The fourth-order valence-corrected chi connectivity index (χ4v) is 4.81. The predicted octanol–water partition coefficient (Wildman–Crippen LogP) is 5.42. The van der Waals surface area contributed by atoms with Crippen LogP contribution in [0.15, 0.2) is 58.7 Å². The first-order valence-electron chi connectivity index (χ1n) is 11.8. The number of imidazole rings is 1. The Hall–Kier alpha value is -3.26. The van der Waals surface area contributed by atoms with Gasteiger partial charge in [-0.1, -0.05) is 50.1 Å². The van der Waals surface area contributed by atoms with Crippen LogP contribution in [0.1, 0.15) is 63.0 Å². The number of Topliss-reactive ketones (excluding diaryl/α,β-unsaturated/α-hetero) is 1. The van der Waals surface area contributed by atoms with Gasteiger partial charge in [-0.3, -0.25) is 14.0 Å². The highest BCUT2D eigenvalue weighted by Crippen LogP contribution is 2.27. The van der Waals surface area contributed by atoms with Crippen LogP contribution in [0.4, 0.5) is 0 Å². The Kier molecular flexibility index (Phi) is 8.25. The van der Waals surface area contributed by atoms with Crippen LogP contribution in [0.5, 0.6) is 0 Å². The molecular formula is C26H30N4O3S. The minimum Gasteiger partial charge on any atom is -0.440 e. The molecule has 0 saturated carbocycles. The smallest absolute Gasteiger partial charge is 0.226 e. The van der Waals surface area contributed by atoms with Gasteiger partial charge in [0.2, 0.25) is 5.91 Å². The maximum Gasteiger partial charge on any atom is 0.226 e. The van der Waals surface area contributed by atoms with Crippen molar-refractivity contribution in [1.82, 2.24) is 19.7 Å². The van der Waals surface area contributed by atoms with E-state index in [1.165, 1.54) is 11.3 Å². The number of ketones is 1. The van der Waals surface area contributed by atoms with Gasteiger partial charge >= 0.3 is 0 Å². The molecule has 7 nitrogen and oxygen atoms in total. The number of carbonyl (C=O) groups is 2. The summed E-state index contributed by atoms with van der Waals surface area (Å²) in [6.07, 6.45) is 10.5. The Bertz CT molecular complexity index is 1210. The van der Waals surface area contributed by atoms with Gasteiger partial charge in [-0.2, -0.15) is 0 Å². The van der Waals surface area contributed by atoms with Gasteiger partial charge in [0.05, 0.1) is 18.5 Å². The van der Waals surface area contributed by atoms with Crippen molar-refractivity contribution in [3.05, 3.63) is 65.9 Å². The third-order valence-corrected chi connectivity index (χ3v) is 6.84. The standard InChI is InChI=1S/C26H30N4O3S/c1-2-22(31)12-8-4-7-11-20(25-29-17-23(33-25)19-9-5-3-6-10-19)16-28-24(32)15-21-18-34-26-27-13-14-30(21)26/h3,5-6,9-10,13-14,17-18,20H,2,4,7-8,11-12,15-16H2,1H3,(H,28,32). The van der Waals surface area contributed by atoms with E-state index in [0.29, 0.717) is 37.5 Å². The number of thiazole rings is 1. The van der Waals surface area contributed by atoms with Crippen LogP contribution >= 0.6 is 11.3 Å². The van der Waals surface area contributed by atoms with E-state index in [-0.39, 0.29) is 11.8 Å². The Balaban J connectivity index is 1.37. The van der Waals surface area contributed by atoms with E-state index in [4.69, 9.17) is 4.42 Å². The second-order valence-corrected chi connectivity index (χ2v) is 9.24. The van der Waals surface area contributed by atoms with Crippen LogP contribution in [0.2, 0.25) is 0 Å². The highest BCUT2D eigenvalue weighted by Gasteiger charge is 2.20. The molecule has 0 radical (unpaired) electrons. The first kappa shape index (κ1) is 23.9. The van der Waals surface area contributed by atoms with Crippen LogP contribution in [0.3, 0.4) is 0 Å². The predicted molar refractivity (Wildman–Crippen MR) is 133 cm³/mol. The second-order valence-electron chi connectivity index (χ2n) is 8.40. The van der Waals surface area contributed by atoms with E-state index in [2.05, 4.69) is 15.3 Å². The molecule has 0 fully saturated rings. The summed E-state index contributed by atoms with van der Waals surface area (Å²) in [5.41, 5.74) is 1.90. The highest BCUT2D eigenvalue weighted by atomic mass is 32.1. The summed E-state index contributed by atoms with van der Waals surface area (Å²) >= 11 is 1.53. The summed E-state index contributed by atoms with van der Waals surface area (Å²) in [5, 5.41) is 5.04. The zero-order chi connectivity index (χ0) is 23.8. The van der Waals surface area contributed by atoms with Gasteiger partial charge < -0.3 is 9.73 Å². The molecule has 0 bridgehead atoms. The summed E-state index contributed by atoms with van der Waals surface area (Å²) in [6.45, 7) is 2.36. The molecule has 1 atom stereocenters. The fraction of sp³-hybridized carbons (Fsp3) is 0.385. The van der Waals surface area contributed by atoms with Crippen LogP contribution in [-0.2, 0) is 16.0 Å². The van der Waals surface area contributed by atoms with Gasteiger partial charge in [0.25, 0.3) is 0 Å². The number of benzene rings is 1. The van der Waals surface area contributed by atoms with Crippen LogP contribution in [0, 0.1) is 0 Å². The summed E-state index contributed by atoms with van der Waals surface area (Å²) in [6, 6.07) is 9.88. The molecular weight excluding hydrogens is 448 g/mol. The van der Waals surface area contributed by atoms with Gasteiger partial charge in [-0.05, 0) is 12.8 Å². The van der Waals surface area contributed by atoms with E-state index >= 15 is 0 Å². The number of hydrogen-bond donors (Lipinski definition) is 1. The number of amides is 1. The number of carbonyl (C=O) groups excluding carboxylic acids is 2. The molecule has 0 aliphatic rings. The van der Waals surface area contributed by atoms with Crippen molar-refractivity contribution in [2.75, 3.05) is 6.54 Å². The van der Waals surface area contributed by atoms with Crippen molar-refractivity contribution in [3.8, 4) is 11.3 Å². The van der Waals surface area contributed by atoms with Crippen molar-refractivity contribution < 1.29 is 14.0 Å². The molecule has 0 saturated heterocycles. The van der Waals surface area contributed by atoms with Gasteiger partial charge in [-0.25, -0.2) is 9.97 Å². The topological polar surface area (TPSA) is 89.5 Å². The average Bonchev–Trinajstić information content (AvgIpc) is 3.60. The number of fused-ring (bicyclic) bond motifs is 1. The van der Waals surface area contributed by atoms with E-state index in [9.17, 15) is 9.59 Å². The van der Waals surface area contributed by atoms with E-state index in [0.717, 1.165) is 47.7 Å². The van der Waals surface area contributed by atoms with Crippen LogP contribution in [-0.4, -0.2) is 32.6 Å². The van der Waals surface area contributed by atoms with Crippen molar-refractivity contribution in [1.29, 1.82) is 0 Å². The molecule has 0 aliphatic heterocycles. The van der Waals surface area contributed by atoms with Gasteiger partial charge in [0.15, 0.2) is 16.6 Å². The largest absolute Gasteiger partial charge is 0.440 e. The number of unbranched alkanes of at least 4 members (excludes halogenated alkanes) is 2. The Morgan fingerprint density at radius 2 is 2.00 bits per heavy atom. The number of rotatable bonds is 13. The van der Waals surface area contributed by atoms with E-state index < -0.39 is 0 Å². The molecule has 4 rings (SSSR count). The first-order chi connectivity index (χ1) is 16.6. The Morgan fingerprint density at radius 3 is 2.82 bits per heavy atom. The molecule has 0 spiro atoms. The van der Waals surface area contributed by atoms with Crippen LogP contribution < -0.4 is 5.32 Å². The lowest BCUT2D eigenvalue weighted by Crippen LogP contribution is -2.30. The second kappa shape index (κ2) is 11.7. The number of aromatic nitrogens is 3. The zero-order valence-corrected chi connectivity index (χ0v) is 20.2. The third kappa shape index (κ3) is 6.20. The van der Waals surface area contributed by atoms with E-state index in [1.807, 2.05) is 53.2 Å². The van der Waals surface area contributed by atoms with E-state index in [1.54, 1.807) is 12.4 Å². The monoisotopic (exact) mass is 478 g/mol. The Morgan fingerprint density at radius 1 is 1.15 bits per heavy atom. The lowest BCUT2D eigenvalue weighted by Gasteiger charge is -2.15. The molecule has 3 aromatic heterocycles. The molecule has 8 heteroatoms. The zero-order valence-electron chi connectivity index (χ0n) is 19.4. The number of oxazole rings is 1. The molecule has 1 unspecified atom stereocenters. The number of hydrogen-bond acceptors (Lipinski definition) is 6. The van der Waals surface area contributed by atoms with Crippen molar-refractivity contribution in [3.63, 3.8) is 0 Å². The average molecular weight is 479 g/mol. The molecule has 1 amide bonds. The van der Waals surface area contributed by atoms with Crippen molar-refractivity contribution >= 4 is 28.0 Å². The number of nitrogens with zero attached hydrogens (tertiary/aromatic N) is 3. The third-order valence-electron chi connectivity index (χ3n) is 5.94. The molecule has 1 aromatic carbocycles.